The SMILES string of the molecule is C/C=C/CCC1CCC(OCC2CCC(/C=C/C3CCC(C(F)(F)Oc4ccc(C(F)(F)F)cc4)CC3)CC2)CO1. The molecule has 1 aliphatic heterocycles. The van der Waals surface area contributed by atoms with Crippen LogP contribution in [0, 0.1) is 23.7 Å². The zero-order valence-corrected chi connectivity index (χ0v) is 24.1. The summed E-state index contributed by atoms with van der Waals surface area (Å²) < 4.78 is 84.7. The topological polar surface area (TPSA) is 27.7 Å². The molecule has 3 aliphatic rings. The maximum absolute atomic E-state index is 14.7. The lowest BCUT2D eigenvalue weighted by molar-refractivity contribution is -0.223. The van der Waals surface area contributed by atoms with Crippen molar-refractivity contribution in [1.82, 2.24) is 0 Å². The van der Waals surface area contributed by atoms with Crippen molar-refractivity contribution in [3.05, 3.63) is 54.1 Å². The van der Waals surface area contributed by atoms with E-state index >= 15 is 0 Å². The highest BCUT2D eigenvalue weighted by Crippen LogP contribution is 2.41. The Hall–Kier alpha value is -1.93. The monoisotopic (exact) mass is 584 g/mol. The zero-order chi connectivity index (χ0) is 29.3. The maximum Gasteiger partial charge on any atom is 0.416 e. The van der Waals surface area contributed by atoms with Crippen LogP contribution in [-0.2, 0) is 15.7 Å². The third-order valence-electron chi connectivity index (χ3n) is 9.02. The van der Waals surface area contributed by atoms with Crippen LogP contribution >= 0.6 is 0 Å². The van der Waals surface area contributed by atoms with Crippen molar-refractivity contribution in [2.45, 2.75) is 108 Å². The quantitative estimate of drug-likeness (QED) is 0.191. The Labute approximate surface area is 241 Å². The van der Waals surface area contributed by atoms with Gasteiger partial charge in [-0.3, -0.25) is 0 Å². The van der Waals surface area contributed by atoms with Gasteiger partial charge in [-0.1, -0.05) is 24.3 Å². The smallest absolute Gasteiger partial charge is 0.416 e. The van der Waals surface area contributed by atoms with Crippen LogP contribution in [0.3, 0.4) is 0 Å². The first-order valence-corrected chi connectivity index (χ1v) is 15.4. The van der Waals surface area contributed by atoms with Crippen LogP contribution in [0.2, 0.25) is 0 Å². The lowest BCUT2D eigenvalue weighted by Crippen LogP contribution is -2.37. The molecule has 1 heterocycles. The van der Waals surface area contributed by atoms with Crippen molar-refractivity contribution in [3.63, 3.8) is 0 Å². The average Bonchev–Trinajstić information content (AvgIpc) is 2.96. The fourth-order valence-corrected chi connectivity index (χ4v) is 6.32. The molecule has 1 aromatic rings. The Kier molecular flexibility index (Phi) is 11.7. The van der Waals surface area contributed by atoms with Crippen molar-refractivity contribution in [1.29, 1.82) is 0 Å². The van der Waals surface area contributed by atoms with Gasteiger partial charge in [-0.05, 0) is 126 Å². The molecule has 1 saturated heterocycles. The number of allylic oxidation sites excluding steroid dienone is 4. The summed E-state index contributed by atoms with van der Waals surface area (Å²) in [4.78, 5) is 0. The molecular weight excluding hydrogens is 539 g/mol. The third kappa shape index (κ3) is 10.1. The number of alkyl halides is 5. The van der Waals surface area contributed by atoms with Gasteiger partial charge in [0.2, 0.25) is 0 Å². The van der Waals surface area contributed by atoms with Gasteiger partial charge in [-0.25, -0.2) is 0 Å². The molecule has 230 valence electrons. The second kappa shape index (κ2) is 15.0. The van der Waals surface area contributed by atoms with E-state index in [1.165, 1.54) is 0 Å². The van der Waals surface area contributed by atoms with Gasteiger partial charge in [0.05, 0.1) is 30.3 Å². The van der Waals surface area contributed by atoms with Gasteiger partial charge in [0, 0.05) is 6.61 Å². The second-order valence-electron chi connectivity index (χ2n) is 12.1. The van der Waals surface area contributed by atoms with E-state index in [2.05, 4.69) is 24.3 Å². The van der Waals surface area contributed by atoms with Gasteiger partial charge in [-0.15, -0.1) is 0 Å². The Morgan fingerprint density at radius 1 is 0.829 bits per heavy atom. The average molecular weight is 585 g/mol. The third-order valence-corrected chi connectivity index (χ3v) is 9.02. The first kappa shape index (κ1) is 32.0. The number of benzene rings is 1. The van der Waals surface area contributed by atoms with Crippen LogP contribution in [0.25, 0.3) is 0 Å². The van der Waals surface area contributed by atoms with Crippen LogP contribution < -0.4 is 4.74 Å². The summed E-state index contributed by atoms with van der Waals surface area (Å²) in [7, 11) is 0. The lowest BCUT2D eigenvalue weighted by atomic mass is 9.79. The molecular formula is C33H45F5O3. The number of hydrogen-bond acceptors (Lipinski definition) is 3. The summed E-state index contributed by atoms with van der Waals surface area (Å²) in [5.74, 6) is 0.215. The van der Waals surface area contributed by atoms with E-state index in [1.54, 1.807) is 0 Å². The zero-order valence-electron chi connectivity index (χ0n) is 24.1. The van der Waals surface area contributed by atoms with Gasteiger partial charge in [0.15, 0.2) is 0 Å². The van der Waals surface area contributed by atoms with Crippen molar-refractivity contribution in [2.24, 2.45) is 23.7 Å². The van der Waals surface area contributed by atoms with Crippen molar-refractivity contribution in [3.8, 4) is 5.75 Å². The largest absolute Gasteiger partial charge is 0.432 e. The summed E-state index contributed by atoms with van der Waals surface area (Å²) in [5.41, 5.74) is -0.888. The highest BCUT2D eigenvalue weighted by Gasteiger charge is 2.44. The molecule has 0 bridgehead atoms. The Bertz CT molecular complexity index is 950. The highest BCUT2D eigenvalue weighted by atomic mass is 19.4. The standard InChI is InChI=1S/C33H45F5O3/c1-2-3-4-5-29-20-21-31(23-40-29)39-22-26-10-8-24(9-11-26)6-7-25-12-14-28(15-13-25)33(37,38)41-30-18-16-27(17-19-30)32(34,35)36/h2-3,6-7,16-19,24-26,28-29,31H,4-5,8-15,20-23H2,1H3/b3-2+,7-6+. The minimum absolute atomic E-state index is 0.216. The van der Waals surface area contributed by atoms with E-state index in [1.807, 2.05) is 6.92 Å². The van der Waals surface area contributed by atoms with Crippen LogP contribution in [0.5, 0.6) is 5.75 Å². The summed E-state index contributed by atoms with van der Waals surface area (Å²) >= 11 is 0. The Morgan fingerprint density at radius 2 is 1.46 bits per heavy atom. The Morgan fingerprint density at radius 3 is 2.02 bits per heavy atom. The molecule has 3 nitrogen and oxygen atoms in total. The van der Waals surface area contributed by atoms with Crippen molar-refractivity contribution >= 4 is 0 Å². The van der Waals surface area contributed by atoms with E-state index in [0.717, 1.165) is 82.2 Å². The fourth-order valence-electron chi connectivity index (χ4n) is 6.32. The summed E-state index contributed by atoms with van der Waals surface area (Å²) in [6.07, 6.45) is 12.3. The van der Waals surface area contributed by atoms with Crippen molar-refractivity contribution < 1.29 is 36.2 Å². The molecule has 4 rings (SSSR count). The molecule has 1 aromatic carbocycles. The molecule has 8 heteroatoms. The summed E-state index contributed by atoms with van der Waals surface area (Å²) in [5, 5.41) is 0. The fraction of sp³-hybridized carbons (Fsp3) is 0.697. The van der Waals surface area contributed by atoms with Crippen LogP contribution in [-0.4, -0.2) is 31.5 Å². The molecule has 2 atom stereocenters. The van der Waals surface area contributed by atoms with E-state index in [9.17, 15) is 22.0 Å². The summed E-state index contributed by atoms with van der Waals surface area (Å²) in [6.45, 7) is 3.55. The second-order valence-corrected chi connectivity index (χ2v) is 12.1. The normalized spacial score (nSPS) is 30.2. The molecule has 41 heavy (non-hydrogen) atoms. The van der Waals surface area contributed by atoms with Crippen LogP contribution in [0.15, 0.2) is 48.6 Å². The molecule has 0 N–H and O–H groups in total. The van der Waals surface area contributed by atoms with Gasteiger partial charge in [0.1, 0.15) is 5.75 Å². The van der Waals surface area contributed by atoms with E-state index in [-0.39, 0.29) is 17.8 Å². The maximum atomic E-state index is 14.7. The number of hydrogen-bond donors (Lipinski definition) is 0. The van der Waals surface area contributed by atoms with E-state index < -0.39 is 23.8 Å². The minimum Gasteiger partial charge on any atom is -0.432 e. The number of halogens is 5. The van der Waals surface area contributed by atoms with E-state index in [0.29, 0.717) is 50.2 Å². The minimum atomic E-state index is -4.51. The van der Waals surface area contributed by atoms with Crippen LogP contribution in [0.4, 0.5) is 22.0 Å². The molecule has 2 unspecified atom stereocenters. The van der Waals surface area contributed by atoms with E-state index in [4.69, 9.17) is 14.2 Å². The molecule has 0 spiro atoms. The molecule has 0 aromatic heterocycles. The van der Waals surface area contributed by atoms with Gasteiger partial charge < -0.3 is 14.2 Å². The van der Waals surface area contributed by atoms with Crippen LogP contribution in [0.1, 0.15) is 89.5 Å². The lowest BCUT2D eigenvalue weighted by Gasteiger charge is -2.33. The first-order chi connectivity index (χ1) is 19.6. The first-order valence-electron chi connectivity index (χ1n) is 15.4. The molecule has 3 fully saturated rings. The van der Waals surface area contributed by atoms with Gasteiger partial charge in [0.25, 0.3) is 0 Å². The number of ether oxygens (including phenoxy) is 3. The van der Waals surface area contributed by atoms with Gasteiger partial charge >= 0.3 is 12.3 Å². The number of rotatable bonds is 11. The Balaban J connectivity index is 1.10. The molecule has 0 amide bonds. The van der Waals surface area contributed by atoms with Crippen molar-refractivity contribution in [2.75, 3.05) is 13.2 Å². The molecule has 2 saturated carbocycles. The molecule has 0 radical (unpaired) electrons. The predicted octanol–water partition coefficient (Wildman–Crippen LogP) is 9.77. The molecule has 2 aliphatic carbocycles. The predicted molar refractivity (Wildman–Crippen MR) is 150 cm³/mol. The summed E-state index contributed by atoms with van der Waals surface area (Å²) in [6, 6.07) is 3.45. The highest BCUT2D eigenvalue weighted by molar-refractivity contribution is 5.29. The van der Waals surface area contributed by atoms with Gasteiger partial charge in [-0.2, -0.15) is 22.0 Å².